The average Bonchev–Trinajstić information content (AvgIpc) is 3.17. The first-order valence-electron chi connectivity index (χ1n) is 7.01. The molecule has 0 atom stereocenters. The van der Waals surface area contributed by atoms with Crippen LogP contribution in [0.3, 0.4) is 0 Å². The second-order valence-corrected chi connectivity index (χ2v) is 6.02. The van der Waals surface area contributed by atoms with Crippen LogP contribution >= 0.6 is 0 Å². The zero-order valence-electron chi connectivity index (χ0n) is 13.2. The molecule has 0 saturated heterocycles. The first-order chi connectivity index (χ1) is 10.3. The SMILES string of the molecule is C[CH]=[Zr].[CH3-].c1ccc2[cH-]ccc2c1.c1ccc2[cH-]ccc2c1. The van der Waals surface area contributed by atoms with Gasteiger partial charge in [-0.25, -0.2) is 0 Å². The number of hydrogen-bond donors (Lipinski definition) is 0. The molecule has 1 heteroatoms. The summed E-state index contributed by atoms with van der Waals surface area (Å²) >= 11 is 1.51. The minimum atomic E-state index is 0. The Morgan fingerprint density at radius 3 is 1.45 bits per heavy atom. The van der Waals surface area contributed by atoms with Crippen LogP contribution in [-0.2, 0) is 24.2 Å². The summed E-state index contributed by atoms with van der Waals surface area (Å²) in [5, 5.41) is 5.32. The van der Waals surface area contributed by atoms with Crippen molar-refractivity contribution in [2.75, 3.05) is 0 Å². The standard InChI is InChI=1S/2C9H7.C2H4.CH3.Zr/c2*1-2-5-9-7-3-6-8(9)4-1;1-2;;/h2*1-7H;1H,2H3;1H3;/q2*-1;;-1;. The topological polar surface area (TPSA) is 0 Å². The summed E-state index contributed by atoms with van der Waals surface area (Å²) in [7, 11) is 0. The summed E-state index contributed by atoms with van der Waals surface area (Å²) in [5.74, 6) is 0. The molecule has 0 heterocycles. The number of rotatable bonds is 0. The summed E-state index contributed by atoms with van der Waals surface area (Å²) in [6, 6.07) is 29.3. The van der Waals surface area contributed by atoms with Gasteiger partial charge < -0.3 is 7.43 Å². The molecule has 4 aromatic rings. The van der Waals surface area contributed by atoms with Crippen molar-refractivity contribution >= 4 is 25.3 Å². The van der Waals surface area contributed by atoms with E-state index >= 15 is 0 Å². The van der Waals surface area contributed by atoms with E-state index in [9.17, 15) is 0 Å². The van der Waals surface area contributed by atoms with Crippen molar-refractivity contribution < 1.29 is 24.2 Å². The van der Waals surface area contributed by atoms with Gasteiger partial charge in [-0.05, 0) is 0 Å². The van der Waals surface area contributed by atoms with Gasteiger partial charge >= 0.3 is 34.9 Å². The monoisotopic (exact) mass is 363 g/mol. The third-order valence-electron chi connectivity index (χ3n) is 3.10. The van der Waals surface area contributed by atoms with E-state index in [1.165, 1.54) is 45.8 Å². The van der Waals surface area contributed by atoms with E-state index in [0.29, 0.717) is 0 Å². The Bertz CT molecular complexity index is 663. The van der Waals surface area contributed by atoms with E-state index in [0.717, 1.165) is 0 Å². The molecule has 0 fully saturated rings. The zero-order valence-corrected chi connectivity index (χ0v) is 15.6. The molecule has 0 unspecified atom stereocenters. The average molecular weight is 365 g/mol. The Hall–Kier alpha value is -1.59. The van der Waals surface area contributed by atoms with E-state index in [1.807, 2.05) is 6.92 Å². The molecule has 0 radical (unpaired) electrons. The normalized spacial score (nSPS) is 8.91. The molecule has 0 saturated carbocycles. The predicted molar refractivity (Wildman–Crippen MR) is 97.2 cm³/mol. The summed E-state index contributed by atoms with van der Waals surface area (Å²) in [6.07, 6.45) is 0. The maximum absolute atomic E-state index is 2.12. The van der Waals surface area contributed by atoms with Gasteiger partial charge in [-0.2, -0.15) is 35.0 Å². The first kappa shape index (κ1) is 18.5. The Kier molecular flexibility index (Phi) is 8.55. The Labute approximate surface area is 148 Å². The third-order valence-corrected chi connectivity index (χ3v) is 3.10. The summed E-state index contributed by atoms with van der Waals surface area (Å²) in [4.78, 5) is 0. The second-order valence-electron chi connectivity index (χ2n) is 4.60. The van der Waals surface area contributed by atoms with E-state index in [1.54, 1.807) is 0 Å². The van der Waals surface area contributed by atoms with Gasteiger partial charge in [0, 0.05) is 0 Å². The molecule has 0 bridgehead atoms. The first-order valence-corrected chi connectivity index (χ1v) is 8.43. The van der Waals surface area contributed by atoms with Crippen LogP contribution in [0.2, 0.25) is 0 Å². The molecule has 22 heavy (non-hydrogen) atoms. The molecule has 0 amide bonds. The molecule has 0 aliphatic rings. The predicted octanol–water partition coefficient (Wildman–Crippen LogP) is 5.92. The fourth-order valence-corrected chi connectivity index (χ4v) is 2.14. The molecular formula is C21H21Zr-3. The van der Waals surface area contributed by atoms with Crippen LogP contribution in [0.1, 0.15) is 6.92 Å². The van der Waals surface area contributed by atoms with Gasteiger partial charge in [-0.1, -0.05) is 12.1 Å². The largest absolute Gasteiger partial charge is 0.358 e. The summed E-state index contributed by atoms with van der Waals surface area (Å²) in [5.41, 5.74) is 0. The number of hydrogen-bond acceptors (Lipinski definition) is 0. The minimum absolute atomic E-state index is 0. The van der Waals surface area contributed by atoms with Gasteiger partial charge in [0.1, 0.15) is 0 Å². The molecular weight excluding hydrogens is 343 g/mol. The van der Waals surface area contributed by atoms with Gasteiger partial charge in [0.15, 0.2) is 0 Å². The van der Waals surface area contributed by atoms with Crippen LogP contribution in [0, 0.1) is 7.43 Å². The molecule has 0 nitrogen and oxygen atoms in total. The van der Waals surface area contributed by atoms with Crippen LogP contribution in [0.5, 0.6) is 0 Å². The van der Waals surface area contributed by atoms with Crippen LogP contribution in [0.15, 0.2) is 84.9 Å². The van der Waals surface area contributed by atoms with E-state index in [2.05, 4.69) is 88.6 Å². The molecule has 0 aliphatic heterocycles. The van der Waals surface area contributed by atoms with Gasteiger partial charge in [0.05, 0.1) is 0 Å². The van der Waals surface area contributed by atoms with Crippen molar-refractivity contribution in [1.82, 2.24) is 0 Å². The molecule has 0 N–H and O–H groups in total. The molecule has 112 valence electrons. The number of benzene rings is 2. The van der Waals surface area contributed by atoms with Crippen LogP contribution < -0.4 is 0 Å². The zero-order chi connectivity index (χ0) is 14.9. The maximum Gasteiger partial charge on any atom is -0.0809 e. The van der Waals surface area contributed by atoms with Gasteiger partial charge in [-0.3, -0.25) is 0 Å². The summed E-state index contributed by atoms with van der Waals surface area (Å²) < 4.78 is 2.09. The molecule has 0 spiro atoms. The Balaban J connectivity index is 0.000000181. The quantitative estimate of drug-likeness (QED) is 0.340. The molecule has 4 rings (SSSR count). The molecule has 0 aliphatic carbocycles. The van der Waals surface area contributed by atoms with Crippen LogP contribution in [0.25, 0.3) is 21.5 Å². The fraction of sp³-hybridized carbons (Fsp3) is 0.0476. The Morgan fingerprint density at radius 1 is 0.727 bits per heavy atom. The van der Waals surface area contributed by atoms with Crippen molar-refractivity contribution in [3.63, 3.8) is 0 Å². The van der Waals surface area contributed by atoms with Gasteiger partial charge in [-0.15, -0.1) is 59.3 Å². The van der Waals surface area contributed by atoms with E-state index in [-0.39, 0.29) is 7.43 Å². The third kappa shape index (κ3) is 5.31. The Morgan fingerprint density at radius 2 is 1.09 bits per heavy atom. The van der Waals surface area contributed by atoms with Gasteiger partial charge in [0.2, 0.25) is 0 Å². The van der Waals surface area contributed by atoms with Crippen LogP contribution in [-0.4, -0.2) is 3.71 Å². The smallest absolute Gasteiger partial charge is 0.0809 e. The minimum Gasteiger partial charge on any atom is -0.358 e. The number of fused-ring (bicyclic) bond motifs is 2. The van der Waals surface area contributed by atoms with Gasteiger partial charge in [0.25, 0.3) is 0 Å². The second kappa shape index (κ2) is 10.2. The summed E-state index contributed by atoms with van der Waals surface area (Å²) in [6.45, 7) is 2.04. The van der Waals surface area contributed by atoms with Crippen molar-refractivity contribution in [2.24, 2.45) is 0 Å². The van der Waals surface area contributed by atoms with Crippen LogP contribution in [0.4, 0.5) is 0 Å². The molecule has 4 aromatic carbocycles. The molecule has 0 aromatic heterocycles. The van der Waals surface area contributed by atoms with Crippen molar-refractivity contribution in [3.05, 3.63) is 92.4 Å². The van der Waals surface area contributed by atoms with Crippen molar-refractivity contribution in [3.8, 4) is 0 Å². The van der Waals surface area contributed by atoms with E-state index < -0.39 is 0 Å². The van der Waals surface area contributed by atoms with Crippen molar-refractivity contribution in [1.29, 1.82) is 0 Å². The maximum atomic E-state index is 2.12. The fourth-order valence-electron chi connectivity index (χ4n) is 2.14. The van der Waals surface area contributed by atoms with Crippen molar-refractivity contribution in [2.45, 2.75) is 6.92 Å². The van der Waals surface area contributed by atoms with E-state index in [4.69, 9.17) is 0 Å².